The quantitative estimate of drug-likeness (QED) is 0.392. The van der Waals surface area contributed by atoms with Gasteiger partial charge in [0.15, 0.2) is 0 Å². The van der Waals surface area contributed by atoms with E-state index in [1.54, 1.807) is 0 Å². The Morgan fingerprint density at radius 2 is 1.89 bits per heavy atom. The number of nitrogens with one attached hydrogen (secondary N) is 2. The molecule has 5 nitrogen and oxygen atoms in total. The number of rotatable bonds is 4. The lowest BCUT2D eigenvalue weighted by molar-refractivity contribution is -0.428. The molecular weight excluding hydrogens is 358 g/mol. The number of fused-ring (bicyclic) bond motifs is 1. The zero-order valence-corrected chi connectivity index (χ0v) is 16.2. The second-order valence-corrected chi connectivity index (χ2v) is 7.06. The van der Waals surface area contributed by atoms with E-state index >= 15 is 0 Å². The van der Waals surface area contributed by atoms with Gasteiger partial charge >= 0.3 is 0 Å². The zero-order chi connectivity index (χ0) is 19.1. The highest BCUT2D eigenvalue weighted by Gasteiger charge is 2.26. The SMILES string of the molecule is CCc1cc(-c2[nH][nH]c(=S)c2-c2cccc3c2CC=[N+]3CC)c(O)cc1O. The molecule has 2 heterocycles. The third-order valence-electron chi connectivity index (χ3n) is 5.21. The van der Waals surface area contributed by atoms with Crippen LogP contribution >= 0.6 is 12.2 Å². The van der Waals surface area contributed by atoms with Crippen molar-refractivity contribution >= 4 is 24.1 Å². The number of aryl methyl sites for hydroxylation is 1. The Kier molecular flexibility index (Phi) is 4.36. The van der Waals surface area contributed by atoms with E-state index in [1.807, 2.05) is 19.1 Å². The van der Waals surface area contributed by atoms with Crippen molar-refractivity contribution in [3.63, 3.8) is 0 Å². The maximum Gasteiger partial charge on any atom is 0.209 e. The molecule has 1 aliphatic heterocycles. The molecule has 1 aliphatic rings. The van der Waals surface area contributed by atoms with Crippen LogP contribution in [0.4, 0.5) is 5.69 Å². The van der Waals surface area contributed by atoms with Gasteiger partial charge in [-0.3, -0.25) is 10.2 Å². The van der Waals surface area contributed by atoms with E-state index in [4.69, 9.17) is 12.2 Å². The average Bonchev–Trinajstić information content (AvgIpc) is 3.25. The molecule has 1 aromatic heterocycles. The van der Waals surface area contributed by atoms with Gasteiger partial charge in [-0.15, -0.1) is 0 Å². The third kappa shape index (κ3) is 2.77. The van der Waals surface area contributed by atoms with Crippen LogP contribution in [0, 0.1) is 4.64 Å². The van der Waals surface area contributed by atoms with Crippen molar-refractivity contribution in [1.29, 1.82) is 0 Å². The van der Waals surface area contributed by atoms with E-state index in [0.29, 0.717) is 16.6 Å². The molecule has 4 N–H and O–H groups in total. The number of hydrogen-bond acceptors (Lipinski definition) is 3. The first-order chi connectivity index (χ1) is 13.0. The Labute approximate surface area is 162 Å². The van der Waals surface area contributed by atoms with Crippen LogP contribution in [-0.2, 0) is 12.8 Å². The van der Waals surface area contributed by atoms with Gasteiger partial charge < -0.3 is 10.2 Å². The Balaban J connectivity index is 1.94. The number of phenolic OH excluding ortho intramolecular Hbond substituents is 2. The zero-order valence-electron chi connectivity index (χ0n) is 15.3. The van der Waals surface area contributed by atoms with Gasteiger partial charge in [0, 0.05) is 28.8 Å². The van der Waals surface area contributed by atoms with Crippen LogP contribution in [0.5, 0.6) is 11.5 Å². The molecule has 138 valence electrons. The van der Waals surface area contributed by atoms with Crippen molar-refractivity contribution in [2.75, 3.05) is 6.54 Å². The highest BCUT2D eigenvalue weighted by atomic mass is 32.1. The number of phenols is 2. The van der Waals surface area contributed by atoms with Gasteiger partial charge in [0.2, 0.25) is 5.69 Å². The van der Waals surface area contributed by atoms with Crippen LogP contribution in [0.2, 0.25) is 0 Å². The molecule has 4 rings (SSSR count). The normalized spacial score (nSPS) is 12.9. The minimum atomic E-state index is 0.0190. The Bertz CT molecular complexity index is 1120. The monoisotopic (exact) mass is 380 g/mol. The number of H-pyrrole nitrogens is 2. The lowest BCUT2D eigenvalue weighted by atomic mass is 9.94. The van der Waals surface area contributed by atoms with Crippen molar-refractivity contribution < 1.29 is 14.8 Å². The van der Waals surface area contributed by atoms with E-state index in [1.165, 1.54) is 17.3 Å². The Morgan fingerprint density at radius 1 is 1.07 bits per heavy atom. The first kappa shape index (κ1) is 17.5. The van der Waals surface area contributed by atoms with Crippen molar-refractivity contribution in [3.05, 3.63) is 46.1 Å². The number of aromatic amines is 2. The summed E-state index contributed by atoms with van der Waals surface area (Å²) >= 11 is 5.57. The molecule has 0 saturated heterocycles. The van der Waals surface area contributed by atoms with Gasteiger partial charge in [-0.05, 0) is 30.5 Å². The molecule has 2 aromatic carbocycles. The topological polar surface area (TPSA) is 75.0 Å². The highest BCUT2D eigenvalue weighted by Crippen LogP contribution is 2.42. The molecule has 0 aliphatic carbocycles. The third-order valence-corrected chi connectivity index (χ3v) is 5.52. The van der Waals surface area contributed by atoms with Gasteiger partial charge in [-0.25, -0.2) is 4.58 Å². The summed E-state index contributed by atoms with van der Waals surface area (Å²) in [6, 6.07) is 9.44. The molecule has 0 fully saturated rings. The van der Waals surface area contributed by atoms with Crippen molar-refractivity contribution in [2.45, 2.75) is 26.7 Å². The standard InChI is InChI=1S/C21H21N3O2S/c1-3-12-10-15(18(26)11-17(12)25)20-19(21(27)23-22-20)14-6-5-7-16-13(14)8-9-24(16)4-2/h5-7,9-11H,3-4,8H2,1-2H3,(H3-,22,23,25,26,27)/p+1. The van der Waals surface area contributed by atoms with Gasteiger partial charge in [0.05, 0.1) is 12.1 Å². The lowest BCUT2D eigenvalue weighted by Crippen LogP contribution is -2.00. The summed E-state index contributed by atoms with van der Waals surface area (Å²) in [6.45, 7) is 5.02. The van der Waals surface area contributed by atoms with E-state index in [2.05, 4.69) is 40.0 Å². The van der Waals surface area contributed by atoms with Crippen LogP contribution in [0.25, 0.3) is 22.4 Å². The van der Waals surface area contributed by atoms with E-state index < -0.39 is 0 Å². The smallest absolute Gasteiger partial charge is 0.209 e. The number of nitrogens with zero attached hydrogens (tertiary/aromatic N) is 1. The van der Waals surface area contributed by atoms with Crippen LogP contribution in [-0.4, -0.2) is 37.7 Å². The van der Waals surface area contributed by atoms with Gasteiger partial charge in [-0.1, -0.05) is 31.3 Å². The molecule has 0 unspecified atom stereocenters. The molecule has 0 amide bonds. The molecule has 6 heteroatoms. The van der Waals surface area contributed by atoms with Crippen molar-refractivity contribution in [2.24, 2.45) is 0 Å². The van der Waals surface area contributed by atoms with Crippen LogP contribution < -0.4 is 0 Å². The van der Waals surface area contributed by atoms with Gasteiger partial charge in [0.25, 0.3) is 0 Å². The fraction of sp³-hybridized carbons (Fsp3) is 0.238. The van der Waals surface area contributed by atoms with E-state index in [9.17, 15) is 10.2 Å². The molecule has 0 radical (unpaired) electrons. The molecule has 0 bridgehead atoms. The average molecular weight is 380 g/mol. The summed E-state index contributed by atoms with van der Waals surface area (Å²) in [5, 5.41) is 26.7. The molecule has 3 aromatic rings. The summed E-state index contributed by atoms with van der Waals surface area (Å²) in [6.07, 6.45) is 3.71. The highest BCUT2D eigenvalue weighted by molar-refractivity contribution is 7.71. The number of aromatic hydroxyl groups is 2. The molecule has 0 spiro atoms. The summed E-state index contributed by atoms with van der Waals surface area (Å²) in [5.41, 5.74) is 6.49. The van der Waals surface area contributed by atoms with Crippen molar-refractivity contribution in [3.8, 4) is 33.9 Å². The number of aromatic nitrogens is 2. The first-order valence-electron chi connectivity index (χ1n) is 9.13. The number of benzene rings is 2. The summed E-state index contributed by atoms with van der Waals surface area (Å²) in [7, 11) is 0. The molecule has 0 saturated carbocycles. The summed E-state index contributed by atoms with van der Waals surface area (Å²) < 4.78 is 2.84. The van der Waals surface area contributed by atoms with Crippen LogP contribution in [0.3, 0.4) is 0 Å². The van der Waals surface area contributed by atoms with E-state index in [0.717, 1.165) is 35.3 Å². The van der Waals surface area contributed by atoms with Gasteiger partial charge in [-0.2, -0.15) is 0 Å². The van der Waals surface area contributed by atoms with Crippen molar-refractivity contribution in [1.82, 2.24) is 10.2 Å². The minimum absolute atomic E-state index is 0.0190. The molecular formula is C21H22N3O2S+. The lowest BCUT2D eigenvalue weighted by Gasteiger charge is -2.11. The second kappa shape index (κ2) is 6.70. The predicted octanol–water partition coefficient (Wildman–Crippen LogP) is 4.67. The molecule has 27 heavy (non-hydrogen) atoms. The summed E-state index contributed by atoms with van der Waals surface area (Å²) in [4.78, 5) is 0. The maximum absolute atomic E-state index is 10.5. The van der Waals surface area contributed by atoms with E-state index in [-0.39, 0.29) is 11.5 Å². The Hall–Kier alpha value is -2.86. The minimum Gasteiger partial charge on any atom is -0.508 e. The largest absolute Gasteiger partial charge is 0.508 e. The number of hydrogen-bond donors (Lipinski definition) is 4. The fourth-order valence-electron chi connectivity index (χ4n) is 3.81. The second-order valence-electron chi connectivity index (χ2n) is 6.66. The van der Waals surface area contributed by atoms with Crippen LogP contribution in [0.15, 0.2) is 30.3 Å². The Morgan fingerprint density at radius 3 is 2.63 bits per heavy atom. The summed E-state index contributed by atoms with van der Waals surface area (Å²) in [5.74, 6) is 0.119. The fourth-order valence-corrected chi connectivity index (χ4v) is 4.08. The van der Waals surface area contributed by atoms with Gasteiger partial charge in [0.1, 0.15) is 28.9 Å². The maximum atomic E-state index is 10.5. The van der Waals surface area contributed by atoms with Crippen LogP contribution in [0.1, 0.15) is 25.0 Å². The predicted molar refractivity (Wildman–Crippen MR) is 110 cm³/mol. The molecule has 0 atom stereocenters. The first-order valence-corrected chi connectivity index (χ1v) is 9.54.